The molecule has 1 heterocycles. The van der Waals surface area contributed by atoms with Gasteiger partial charge in [0.05, 0.1) is 21.8 Å². The van der Waals surface area contributed by atoms with Crippen molar-refractivity contribution in [3.8, 4) is 0 Å². The van der Waals surface area contributed by atoms with Crippen LogP contribution in [0.5, 0.6) is 0 Å². The number of hydrogen-bond acceptors (Lipinski definition) is 3. The summed E-state index contributed by atoms with van der Waals surface area (Å²) >= 11 is 12.5. The second-order valence-corrected chi connectivity index (χ2v) is 7.69. The number of nitrogens with two attached hydrogens (primary N) is 1. The Hall–Kier alpha value is -1.69. The van der Waals surface area contributed by atoms with E-state index in [1.807, 2.05) is 42.5 Å². The zero-order valence-corrected chi connectivity index (χ0v) is 16.9. The minimum atomic E-state index is -0.358. The van der Waals surface area contributed by atoms with Crippen molar-refractivity contribution in [2.45, 2.75) is 18.9 Å². The normalized spacial score (nSPS) is 17.6. The number of benzene rings is 1. The standard InChI is InChI=1S/C20H26Cl2N4O/c21-17-8-5-9-18(19(17)22)25-14-12-24(13-15-25)10-3-4-11-26(20(23)27)16-6-1-2-7-16/h1-2,5-9,16H,3-4,10-15H2,(H2,23,27). The van der Waals surface area contributed by atoms with Gasteiger partial charge >= 0.3 is 6.03 Å². The van der Waals surface area contributed by atoms with Gasteiger partial charge in [-0.15, -0.1) is 0 Å². The van der Waals surface area contributed by atoms with E-state index in [1.54, 1.807) is 4.90 Å². The molecule has 0 bridgehead atoms. The van der Waals surface area contributed by atoms with Gasteiger partial charge in [-0.2, -0.15) is 0 Å². The third-order valence-corrected chi connectivity index (χ3v) is 5.95. The molecule has 1 fully saturated rings. The van der Waals surface area contributed by atoms with Crippen LogP contribution in [-0.4, -0.2) is 61.1 Å². The molecule has 0 aromatic heterocycles. The van der Waals surface area contributed by atoms with Crippen LogP contribution in [0.25, 0.3) is 0 Å². The lowest BCUT2D eigenvalue weighted by molar-refractivity contribution is 0.199. The van der Waals surface area contributed by atoms with Gasteiger partial charge in [0, 0.05) is 32.7 Å². The third-order valence-electron chi connectivity index (χ3n) is 5.14. The van der Waals surface area contributed by atoms with Crippen molar-refractivity contribution >= 4 is 34.9 Å². The summed E-state index contributed by atoms with van der Waals surface area (Å²) in [6, 6.07) is 5.43. The Labute approximate surface area is 171 Å². The first-order chi connectivity index (χ1) is 13.1. The number of primary amides is 1. The largest absolute Gasteiger partial charge is 0.368 e. The Kier molecular flexibility index (Phi) is 7.05. The first-order valence-electron chi connectivity index (χ1n) is 9.38. The van der Waals surface area contributed by atoms with E-state index in [0.717, 1.165) is 51.3 Å². The van der Waals surface area contributed by atoms with Crippen molar-refractivity contribution in [3.05, 3.63) is 52.5 Å². The molecule has 0 atom stereocenters. The molecule has 1 aliphatic carbocycles. The molecule has 2 aliphatic rings. The van der Waals surface area contributed by atoms with Crippen LogP contribution in [0, 0.1) is 0 Å². The van der Waals surface area contributed by atoms with Gasteiger partial charge in [-0.05, 0) is 31.5 Å². The summed E-state index contributed by atoms with van der Waals surface area (Å²) < 4.78 is 0. The van der Waals surface area contributed by atoms with Crippen LogP contribution in [0.4, 0.5) is 10.5 Å². The molecule has 0 saturated carbocycles. The average Bonchev–Trinajstić information content (AvgIpc) is 3.18. The van der Waals surface area contributed by atoms with Gasteiger partial charge < -0.3 is 15.5 Å². The minimum absolute atomic E-state index is 0.00786. The van der Waals surface area contributed by atoms with Gasteiger partial charge in [-0.25, -0.2) is 4.79 Å². The van der Waals surface area contributed by atoms with Crippen molar-refractivity contribution < 1.29 is 4.79 Å². The highest BCUT2D eigenvalue weighted by atomic mass is 35.5. The smallest absolute Gasteiger partial charge is 0.315 e. The minimum Gasteiger partial charge on any atom is -0.368 e. The molecule has 0 radical (unpaired) electrons. The van der Waals surface area contributed by atoms with E-state index in [2.05, 4.69) is 9.80 Å². The lowest BCUT2D eigenvalue weighted by atomic mass is 10.2. The number of halogens is 2. The van der Waals surface area contributed by atoms with Gasteiger partial charge in [-0.3, -0.25) is 4.90 Å². The highest BCUT2D eigenvalue weighted by Crippen LogP contribution is 2.32. The zero-order chi connectivity index (χ0) is 19.2. The summed E-state index contributed by atoms with van der Waals surface area (Å²) in [6.07, 6.45) is 9.87. The molecular formula is C20H26Cl2N4O. The molecule has 146 valence electrons. The number of carbonyl (C=O) groups is 1. The molecule has 1 aliphatic heterocycles. The van der Waals surface area contributed by atoms with Crippen molar-refractivity contribution in [1.82, 2.24) is 9.80 Å². The Balaban J connectivity index is 1.39. The van der Waals surface area contributed by atoms with Gasteiger partial charge in [0.1, 0.15) is 0 Å². The summed E-state index contributed by atoms with van der Waals surface area (Å²) in [5.74, 6) is 0. The SMILES string of the molecule is NC(=O)N(CCCCN1CCN(c2cccc(Cl)c2Cl)CC1)C1C=CC=C1. The van der Waals surface area contributed by atoms with Crippen LogP contribution < -0.4 is 10.6 Å². The molecule has 7 heteroatoms. The van der Waals surface area contributed by atoms with Crippen LogP contribution >= 0.6 is 23.2 Å². The van der Waals surface area contributed by atoms with Crippen LogP contribution in [-0.2, 0) is 0 Å². The second-order valence-electron chi connectivity index (χ2n) is 6.90. The predicted octanol–water partition coefficient (Wildman–Crippen LogP) is 3.77. The fraction of sp³-hybridized carbons (Fsp3) is 0.450. The van der Waals surface area contributed by atoms with Gasteiger partial charge in [0.25, 0.3) is 0 Å². The molecule has 1 aromatic carbocycles. The Bertz CT molecular complexity index is 702. The highest BCUT2D eigenvalue weighted by molar-refractivity contribution is 6.43. The molecular weight excluding hydrogens is 383 g/mol. The molecule has 3 rings (SSSR count). The lowest BCUT2D eigenvalue weighted by Crippen LogP contribution is -2.47. The number of nitrogens with zero attached hydrogens (tertiary/aromatic N) is 3. The van der Waals surface area contributed by atoms with Crippen molar-refractivity contribution in [1.29, 1.82) is 0 Å². The van der Waals surface area contributed by atoms with E-state index >= 15 is 0 Å². The maximum atomic E-state index is 11.6. The van der Waals surface area contributed by atoms with Gasteiger partial charge in [0.15, 0.2) is 0 Å². The van der Waals surface area contributed by atoms with Crippen molar-refractivity contribution in [2.24, 2.45) is 5.73 Å². The number of amides is 2. The first kappa shape index (κ1) is 20.1. The van der Waals surface area contributed by atoms with Crippen LogP contribution in [0.3, 0.4) is 0 Å². The van der Waals surface area contributed by atoms with Crippen molar-refractivity contribution in [2.75, 3.05) is 44.2 Å². The molecule has 5 nitrogen and oxygen atoms in total. The molecule has 2 amide bonds. The molecule has 1 aromatic rings. The van der Waals surface area contributed by atoms with E-state index in [4.69, 9.17) is 28.9 Å². The average molecular weight is 409 g/mol. The van der Waals surface area contributed by atoms with Crippen LogP contribution in [0.2, 0.25) is 10.0 Å². The van der Waals surface area contributed by atoms with Gasteiger partial charge in [0.2, 0.25) is 0 Å². The molecule has 1 saturated heterocycles. The maximum absolute atomic E-state index is 11.6. The zero-order valence-electron chi connectivity index (χ0n) is 15.4. The summed E-state index contributed by atoms with van der Waals surface area (Å²) in [7, 11) is 0. The van der Waals surface area contributed by atoms with Crippen molar-refractivity contribution in [3.63, 3.8) is 0 Å². The second kappa shape index (κ2) is 9.49. The summed E-state index contributed by atoms with van der Waals surface area (Å²) in [6.45, 7) is 5.58. The number of unbranched alkanes of at least 4 members (excludes halogenated alkanes) is 1. The number of urea groups is 1. The molecule has 0 spiro atoms. The quantitative estimate of drug-likeness (QED) is 0.698. The van der Waals surface area contributed by atoms with E-state index in [9.17, 15) is 4.79 Å². The number of hydrogen-bond donors (Lipinski definition) is 1. The molecule has 2 N–H and O–H groups in total. The predicted molar refractivity (Wildman–Crippen MR) is 113 cm³/mol. The Morgan fingerprint density at radius 2 is 1.81 bits per heavy atom. The fourth-order valence-electron chi connectivity index (χ4n) is 3.60. The molecule has 27 heavy (non-hydrogen) atoms. The van der Waals surface area contributed by atoms with Crippen LogP contribution in [0.15, 0.2) is 42.5 Å². The maximum Gasteiger partial charge on any atom is 0.315 e. The third kappa shape index (κ3) is 5.18. The monoisotopic (exact) mass is 408 g/mol. The number of piperazine rings is 1. The first-order valence-corrected chi connectivity index (χ1v) is 10.1. The van der Waals surface area contributed by atoms with E-state index in [0.29, 0.717) is 16.6 Å². The number of allylic oxidation sites excluding steroid dienone is 2. The molecule has 0 unspecified atom stereocenters. The van der Waals surface area contributed by atoms with E-state index in [1.165, 1.54) is 0 Å². The Morgan fingerprint density at radius 1 is 1.11 bits per heavy atom. The summed E-state index contributed by atoms with van der Waals surface area (Å²) in [5, 5.41) is 1.23. The van der Waals surface area contributed by atoms with E-state index < -0.39 is 0 Å². The number of carbonyl (C=O) groups excluding carboxylic acids is 1. The van der Waals surface area contributed by atoms with Gasteiger partial charge in [-0.1, -0.05) is 53.6 Å². The topological polar surface area (TPSA) is 52.8 Å². The number of rotatable bonds is 7. The van der Waals surface area contributed by atoms with Crippen LogP contribution in [0.1, 0.15) is 12.8 Å². The van der Waals surface area contributed by atoms with E-state index in [-0.39, 0.29) is 12.1 Å². The lowest BCUT2D eigenvalue weighted by Gasteiger charge is -2.36. The fourth-order valence-corrected chi connectivity index (χ4v) is 4.02. The number of anilines is 1. The highest BCUT2D eigenvalue weighted by Gasteiger charge is 2.21. The Morgan fingerprint density at radius 3 is 2.48 bits per heavy atom. The summed E-state index contributed by atoms with van der Waals surface area (Å²) in [5.41, 5.74) is 6.53. The summed E-state index contributed by atoms with van der Waals surface area (Å²) in [4.78, 5) is 18.1.